The molecule has 2 heterocycles. The van der Waals surface area contributed by atoms with Crippen molar-refractivity contribution in [2.45, 2.75) is 13.0 Å². The zero-order valence-corrected chi connectivity index (χ0v) is 14.4. The molecule has 3 rings (SSSR count). The number of aromatic hydroxyl groups is 1. The lowest BCUT2D eigenvalue weighted by Crippen LogP contribution is -2.32. The number of nitrogen functional groups attached to an aromatic ring is 2. The van der Waals surface area contributed by atoms with Crippen LogP contribution in [0.1, 0.15) is 28.3 Å². The van der Waals surface area contributed by atoms with Crippen molar-refractivity contribution in [1.29, 1.82) is 10.5 Å². The number of aromatic nitrogens is 1. The number of hydrogen-bond donors (Lipinski definition) is 5. The van der Waals surface area contributed by atoms with Crippen LogP contribution in [0.25, 0.3) is 0 Å². The summed E-state index contributed by atoms with van der Waals surface area (Å²) in [7, 11) is 0. The lowest BCUT2D eigenvalue weighted by Gasteiger charge is -2.26. The molecule has 0 fully saturated rings. The first-order chi connectivity index (χ1) is 13.3. The van der Waals surface area contributed by atoms with Gasteiger partial charge in [0.25, 0.3) is 0 Å². The minimum absolute atomic E-state index is 0.0282. The van der Waals surface area contributed by atoms with Gasteiger partial charge in [0.2, 0.25) is 5.96 Å². The molecule has 0 saturated carbocycles. The maximum absolute atomic E-state index is 11.3. The minimum atomic E-state index is -1.08. The van der Waals surface area contributed by atoms with E-state index in [1.54, 1.807) is 13.1 Å². The van der Waals surface area contributed by atoms with Crippen molar-refractivity contribution in [3.8, 4) is 18.0 Å². The molecule has 0 saturated heterocycles. The van der Waals surface area contributed by atoms with Crippen molar-refractivity contribution in [3.63, 3.8) is 0 Å². The minimum Gasteiger partial charge on any atom is -0.502 e. The fraction of sp³-hybridized carbons (Fsp3) is 0.125. The molecule has 7 N–H and O–H groups in total. The molecule has 0 aliphatic carbocycles. The van der Waals surface area contributed by atoms with Gasteiger partial charge in [-0.2, -0.15) is 10.5 Å². The molecular weight excluding hydrogens is 366 g/mol. The van der Waals surface area contributed by atoms with Crippen LogP contribution >= 0.6 is 0 Å². The van der Waals surface area contributed by atoms with Crippen LogP contribution in [0.4, 0.5) is 23.0 Å². The van der Waals surface area contributed by atoms with Gasteiger partial charge in [0.1, 0.15) is 29.3 Å². The van der Waals surface area contributed by atoms with E-state index in [0.717, 1.165) is 0 Å². The predicted octanol–water partition coefficient (Wildman–Crippen LogP) is 0.981. The van der Waals surface area contributed by atoms with Crippen LogP contribution in [0.15, 0.2) is 17.1 Å². The summed E-state index contributed by atoms with van der Waals surface area (Å²) in [5.74, 6) is -0.666. The Morgan fingerprint density at radius 1 is 1.39 bits per heavy atom. The maximum Gasteiger partial charge on any atom is 0.311 e. The Balaban J connectivity index is 2.35. The average molecular weight is 379 g/mol. The van der Waals surface area contributed by atoms with Crippen LogP contribution in [0, 0.1) is 39.8 Å². The Kier molecular flexibility index (Phi) is 4.31. The van der Waals surface area contributed by atoms with E-state index in [1.165, 1.54) is 12.1 Å². The zero-order chi connectivity index (χ0) is 20.6. The molecule has 140 valence electrons. The first-order valence-electron chi connectivity index (χ1n) is 7.75. The summed E-state index contributed by atoms with van der Waals surface area (Å²) >= 11 is 0. The third-order valence-electron chi connectivity index (χ3n) is 4.11. The van der Waals surface area contributed by atoms with Gasteiger partial charge in [-0.15, -0.1) is 0 Å². The van der Waals surface area contributed by atoms with Crippen LogP contribution in [0.3, 0.4) is 0 Å². The van der Waals surface area contributed by atoms with Gasteiger partial charge in [-0.3, -0.25) is 15.4 Å². The molecule has 12 nitrogen and oxygen atoms in total. The largest absolute Gasteiger partial charge is 0.502 e. The number of hydrogen-bond acceptors (Lipinski definition) is 11. The molecule has 28 heavy (non-hydrogen) atoms. The number of aliphatic imine (C=N–C) groups is 1. The van der Waals surface area contributed by atoms with Gasteiger partial charge in [-0.25, -0.2) is 9.98 Å². The number of nitro benzene ring substituents is 1. The first kappa shape index (κ1) is 18.2. The molecule has 0 radical (unpaired) electrons. The standard InChI is InChI=1S/C16H13N9O3/c1-6-2-7(13(26)9(3-6)25(27)28)12-10-11(19)8(4-17)14(20)23-15(10)24-16(22-12)21-5-18/h2-3,12,26H,1H3,(H6,19,20,21,22,23,24). The molecule has 1 aromatic heterocycles. The number of guanidine groups is 1. The second kappa shape index (κ2) is 6.62. The number of nitro groups is 1. The van der Waals surface area contributed by atoms with Gasteiger partial charge in [0.15, 0.2) is 11.9 Å². The normalized spacial score (nSPS) is 14.7. The summed E-state index contributed by atoms with van der Waals surface area (Å²) < 4.78 is 0. The Bertz CT molecular complexity index is 1130. The highest BCUT2D eigenvalue weighted by Crippen LogP contribution is 2.45. The molecule has 0 spiro atoms. The fourth-order valence-corrected chi connectivity index (χ4v) is 2.94. The molecule has 1 atom stereocenters. The lowest BCUT2D eigenvalue weighted by molar-refractivity contribution is -0.386. The second-order valence-corrected chi connectivity index (χ2v) is 5.88. The number of anilines is 3. The highest BCUT2D eigenvalue weighted by Gasteiger charge is 2.33. The van der Waals surface area contributed by atoms with Crippen molar-refractivity contribution < 1.29 is 10.0 Å². The molecule has 1 unspecified atom stereocenters. The number of pyridine rings is 1. The number of nitriles is 2. The summed E-state index contributed by atoms with van der Waals surface area (Å²) in [6.07, 6.45) is 1.69. The Morgan fingerprint density at radius 3 is 2.71 bits per heavy atom. The number of aryl methyl sites for hydroxylation is 1. The Morgan fingerprint density at radius 2 is 2.11 bits per heavy atom. The quantitative estimate of drug-likeness (QED) is 0.216. The van der Waals surface area contributed by atoms with Crippen LogP contribution in [0.2, 0.25) is 0 Å². The Hall–Kier alpha value is -4.58. The van der Waals surface area contributed by atoms with E-state index >= 15 is 0 Å². The van der Waals surface area contributed by atoms with Crippen molar-refractivity contribution >= 4 is 29.0 Å². The number of phenols is 1. The number of nitrogens with zero attached hydrogens (tertiary/aromatic N) is 5. The smallest absolute Gasteiger partial charge is 0.311 e. The van der Waals surface area contributed by atoms with Gasteiger partial charge in [0.05, 0.1) is 10.6 Å². The highest BCUT2D eigenvalue weighted by atomic mass is 16.6. The summed E-state index contributed by atoms with van der Waals surface area (Å²) in [5.41, 5.74) is 12.0. The van der Waals surface area contributed by atoms with Gasteiger partial charge in [0, 0.05) is 17.2 Å². The van der Waals surface area contributed by atoms with Gasteiger partial charge >= 0.3 is 5.69 Å². The van der Waals surface area contributed by atoms with Crippen molar-refractivity contribution in [2.75, 3.05) is 16.8 Å². The number of nitrogens with one attached hydrogen (secondary N) is 2. The van der Waals surface area contributed by atoms with E-state index in [4.69, 9.17) is 16.7 Å². The number of fused-ring (bicyclic) bond motifs is 1. The third-order valence-corrected chi connectivity index (χ3v) is 4.11. The molecule has 2 aromatic rings. The SMILES string of the molecule is Cc1cc(C2N=C(NC#N)Nc3nc(N)c(C#N)c(N)c32)c(O)c([N+](=O)[O-])c1. The number of rotatable bonds is 2. The van der Waals surface area contributed by atoms with E-state index in [-0.39, 0.29) is 40.0 Å². The maximum atomic E-state index is 11.3. The van der Waals surface area contributed by atoms with E-state index in [2.05, 4.69) is 20.6 Å². The molecular formula is C16H13N9O3. The van der Waals surface area contributed by atoms with Gasteiger partial charge in [-0.05, 0) is 18.6 Å². The van der Waals surface area contributed by atoms with Crippen LogP contribution in [-0.4, -0.2) is 21.0 Å². The van der Waals surface area contributed by atoms with Crippen LogP contribution in [0.5, 0.6) is 5.75 Å². The zero-order valence-electron chi connectivity index (χ0n) is 14.4. The summed E-state index contributed by atoms with van der Waals surface area (Å²) in [5, 5.41) is 45.0. The van der Waals surface area contributed by atoms with E-state index in [1.807, 2.05) is 6.07 Å². The van der Waals surface area contributed by atoms with E-state index < -0.39 is 22.4 Å². The second-order valence-electron chi connectivity index (χ2n) is 5.88. The molecule has 1 aliphatic rings. The van der Waals surface area contributed by atoms with Crippen LogP contribution < -0.4 is 22.1 Å². The monoisotopic (exact) mass is 379 g/mol. The average Bonchev–Trinajstić information content (AvgIpc) is 2.63. The number of phenolic OH excluding ortho intramolecular Hbond substituents is 1. The topological polar surface area (TPSA) is 212 Å². The molecule has 12 heteroatoms. The van der Waals surface area contributed by atoms with E-state index in [0.29, 0.717) is 5.56 Å². The third kappa shape index (κ3) is 2.81. The molecule has 1 aliphatic heterocycles. The predicted molar refractivity (Wildman–Crippen MR) is 98.9 cm³/mol. The summed E-state index contributed by atoms with van der Waals surface area (Å²) in [6, 6.07) is 3.48. The molecule has 0 bridgehead atoms. The molecule has 0 amide bonds. The fourth-order valence-electron chi connectivity index (χ4n) is 2.94. The Labute approximate surface area is 157 Å². The van der Waals surface area contributed by atoms with Crippen molar-refractivity contribution in [2.24, 2.45) is 4.99 Å². The van der Waals surface area contributed by atoms with Crippen LogP contribution in [-0.2, 0) is 0 Å². The molecule has 1 aromatic carbocycles. The van der Waals surface area contributed by atoms with Crippen molar-refractivity contribution in [1.82, 2.24) is 10.3 Å². The van der Waals surface area contributed by atoms with Crippen molar-refractivity contribution in [3.05, 3.63) is 44.5 Å². The van der Waals surface area contributed by atoms with E-state index in [9.17, 15) is 20.5 Å². The first-order valence-corrected chi connectivity index (χ1v) is 7.75. The highest BCUT2D eigenvalue weighted by molar-refractivity contribution is 5.98. The van der Waals surface area contributed by atoms with Gasteiger partial charge < -0.3 is 21.9 Å². The van der Waals surface area contributed by atoms with Gasteiger partial charge in [-0.1, -0.05) is 0 Å². The number of benzene rings is 1. The number of nitrogens with two attached hydrogens (primary N) is 2. The summed E-state index contributed by atoms with van der Waals surface area (Å²) in [4.78, 5) is 18.9. The summed E-state index contributed by atoms with van der Waals surface area (Å²) in [6.45, 7) is 1.61. The lowest BCUT2D eigenvalue weighted by atomic mass is 9.93.